The van der Waals surface area contributed by atoms with E-state index in [2.05, 4.69) is 49.6 Å². The summed E-state index contributed by atoms with van der Waals surface area (Å²) in [5.41, 5.74) is 6.34. The highest BCUT2D eigenvalue weighted by atomic mass is 15.0. The molecule has 0 bridgehead atoms. The molecule has 0 radical (unpaired) electrons. The van der Waals surface area contributed by atoms with Gasteiger partial charge in [0, 0.05) is 13.2 Å². The minimum absolute atomic E-state index is 0.205. The van der Waals surface area contributed by atoms with Crippen molar-refractivity contribution < 1.29 is 0 Å². The first-order valence-electron chi connectivity index (χ1n) is 6.50. The monoisotopic (exact) mass is 249 g/mol. The molecule has 0 aliphatic carbocycles. The van der Waals surface area contributed by atoms with Crippen LogP contribution in [0.4, 0.5) is 0 Å². The molecule has 0 saturated carbocycles. The SMILES string of the molecule is CC/C=C\C(=C/NC)C(C)(/C=C\C=C/N)NCC. The van der Waals surface area contributed by atoms with Crippen LogP contribution in [0.5, 0.6) is 0 Å². The summed E-state index contributed by atoms with van der Waals surface area (Å²) in [6, 6.07) is 0. The van der Waals surface area contributed by atoms with Crippen molar-refractivity contribution in [2.75, 3.05) is 13.6 Å². The van der Waals surface area contributed by atoms with Gasteiger partial charge in [-0.2, -0.15) is 0 Å². The van der Waals surface area contributed by atoms with Crippen molar-refractivity contribution in [3.8, 4) is 0 Å². The first kappa shape index (κ1) is 16.5. The zero-order chi connectivity index (χ0) is 13.9. The molecule has 0 heterocycles. The van der Waals surface area contributed by atoms with Gasteiger partial charge >= 0.3 is 0 Å². The van der Waals surface area contributed by atoms with Crippen LogP contribution in [0.15, 0.2) is 48.4 Å². The fourth-order valence-corrected chi connectivity index (χ4v) is 1.71. The lowest BCUT2D eigenvalue weighted by molar-refractivity contribution is 0.522. The van der Waals surface area contributed by atoms with Gasteiger partial charge in [0.25, 0.3) is 0 Å². The minimum Gasteiger partial charge on any atom is -0.405 e. The zero-order valence-corrected chi connectivity index (χ0v) is 12.0. The molecular formula is C15H27N3. The van der Waals surface area contributed by atoms with E-state index >= 15 is 0 Å². The Balaban J connectivity index is 5.23. The number of hydrogen-bond acceptors (Lipinski definition) is 3. The van der Waals surface area contributed by atoms with E-state index in [0.717, 1.165) is 13.0 Å². The number of nitrogens with two attached hydrogens (primary N) is 1. The van der Waals surface area contributed by atoms with E-state index in [1.54, 1.807) is 0 Å². The third-order valence-corrected chi connectivity index (χ3v) is 2.63. The molecule has 0 aromatic carbocycles. The number of allylic oxidation sites excluding steroid dienone is 3. The van der Waals surface area contributed by atoms with Crippen LogP contribution in [0.3, 0.4) is 0 Å². The predicted molar refractivity (Wildman–Crippen MR) is 81.1 cm³/mol. The average Bonchev–Trinajstić information content (AvgIpc) is 2.35. The number of nitrogens with one attached hydrogen (secondary N) is 2. The predicted octanol–water partition coefficient (Wildman–Crippen LogP) is 2.45. The van der Waals surface area contributed by atoms with Crippen molar-refractivity contribution in [3.05, 3.63) is 48.4 Å². The van der Waals surface area contributed by atoms with Crippen LogP contribution in [-0.2, 0) is 0 Å². The third-order valence-electron chi connectivity index (χ3n) is 2.63. The van der Waals surface area contributed by atoms with Crippen LogP contribution < -0.4 is 16.4 Å². The summed E-state index contributed by atoms with van der Waals surface area (Å²) in [5, 5.41) is 6.59. The van der Waals surface area contributed by atoms with Crippen LogP contribution >= 0.6 is 0 Å². The Kier molecular flexibility index (Phi) is 8.76. The highest BCUT2D eigenvalue weighted by Gasteiger charge is 2.22. The van der Waals surface area contributed by atoms with E-state index in [4.69, 9.17) is 5.73 Å². The lowest BCUT2D eigenvalue weighted by atomic mass is 9.90. The summed E-state index contributed by atoms with van der Waals surface area (Å²) in [4.78, 5) is 0. The lowest BCUT2D eigenvalue weighted by Crippen LogP contribution is -2.42. The van der Waals surface area contributed by atoms with E-state index in [0.29, 0.717) is 0 Å². The highest BCUT2D eigenvalue weighted by molar-refractivity contribution is 5.36. The zero-order valence-electron chi connectivity index (χ0n) is 12.0. The van der Waals surface area contributed by atoms with E-state index in [-0.39, 0.29) is 5.54 Å². The number of rotatable bonds is 8. The van der Waals surface area contributed by atoms with Crippen LogP contribution in [0.1, 0.15) is 27.2 Å². The Hall–Kier alpha value is -1.48. The van der Waals surface area contributed by atoms with Crippen molar-refractivity contribution >= 4 is 0 Å². The van der Waals surface area contributed by atoms with Gasteiger partial charge in [-0.25, -0.2) is 0 Å². The first-order valence-corrected chi connectivity index (χ1v) is 6.50. The van der Waals surface area contributed by atoms with Crippen molar-refractivity contribution in [3.63, 3.8) is 0 Å². The quantitative estimate of drug-likeness (QED) is 0.579. The molecule has 0 aliphatic rings. The Morgan fingerprint density at radius 3 is 2.50 bits per heavy atom. The molecule has 0 saturated heterocycles. The van der Waals surface area contributed by atoms with Gasteiger partial charge in [-0.15, -0.1) is 0 Å². The Morgan fingerprint density at radius 1 is 1.28 bits per heavy atom. The smallest absolute Gasteiger partial charge is 0.0608 e. The van der Waals surface area contributed by atoms with Crippen molar-refractivity contribution in [1.29, 1.82) is 0 Å². The molecule has 102 valence electrons. The molecule has 0 spiro atoms. The Labute approximate surface area is 112 Å². The van der Waals surface area contributed by atoms with E-state index < -0.39 is 0 Å². The van der Waals surface area contributed by atoms with Crippen LogP contribution in [0.2, 0.25) is 0 Å². The molecule has 4 N–H and O–H groups in total. The van der Waals surface area contributed by atoms with Gasteiger partial charge < -0.3 is 16.4 Å². The molecule has 0 aromatic rings. The van der Waals surface area contributed by atoms with E-state index in [1.165, 1.54) is 11.8 Å². The molecule has 0 aromatic heterocycles. The largest absolute Gasteiger partial charge is 0.405 e. The Morgan fingerprint density at radius 2 is 2.00 bits per heavy atom. The Bertz CT molecular complexity index is 327. The molecule has 1 unspecified atom stereocenters. The van der Waals surface area contributed by atoms with Gasteiger partial charge in [0.15, 0.2) is 0 Å². The topological polar surface area (TPSA) is 50.1 Å². The molecule has 3 nitrogen and oxygen atoms in total. The molecule has 0 rings (SSSR count). The second-order valence-electron chi connectivity index (χ2n) is 4.18. The van der Waals surface area contributed by atoms with E-state index in [9.17, 15) is 0 Å². The fourth-order valence-electron chi connectivity index (χ4n) is 1.71. The summed E-state index contributed by atoms with van der Waals surface area (Å²) in [6.07, 6.45) is 14.8. The van der Waals surface area contributed by atoms with Gasteiger partial charge in [-0.3, -0.25) is 0 Å². The number of likely N-dealkylation sites (N-methyl/N-ethyl adjacent to an activating group) is 1. The first-order chi connectivity index (χ1) is 8.64. The third kappa shape index (κ3) is 5.73. The van der Waals surface area contributed by atoms with Gasteiger partial charge in [0.1, 0.15) is 0 Å². The summed E-state index contributed by atoms with van der Waals surface area (Å²) < 4.78 is 0. The van der Waals surface area contributed by atoms with Gasteiger partial charge in [0.05, 0.1) is 5.54 Å². The van der Waals surface area contributed by atoms with Crippen molar-refractivity contribution in [2.24, 2.45) is 5.73 Å². The van der Waals surface area contributed by atoms with Gasteiger partial charge in [-0.05, 0) is 37.7 Å². The average molecular weight is 249 g/mol. The van der Waals surface area contributed by atoms with Crippen molar-refractivity contribution in [1.82, 2.24) is 10.6 Å². The normalized spacial score (nSPS) is 16.8. The summed E-state index contributed by atoms with van der Waals surface area (Å²) in [7, 11) is 1.91. The van der Waals surface area contributed by atoms with E-state index in [1.807, 2.05) is 25.4 Å². The van der Waals surface area contributed by atoms with Crippen molar-refractivity contribution in [2.45, 2.75) is 32.7 Å². The number of hydrogen-bond donors (Lipinski definition) is 3. The summed E-state index contributed by atoms with van der Waals surface area (Å²) >= 11 is 0. The lowest BCUT2D eigenvalue weighted by Gasteiger charge is -2.29. The minimum atomic E-state index is -0.205. The molecule has 1 atom stereocenters. The molecule has 18 heavy (non-hydrogen) atoms. The maximum absolute atomic E-state index is 5.35. The standard InChI is InChI=1S/C15H27N3/c1-5-7-10-14(13-17-4)15(3,18-6-2)11-8-9-12-16/h7-13,17-18H,5-6,16H2,1-4H3/b10-7-,11-8-,12-9-,14-13+. The maximum Gasteiger partial charge on any atom is 0.0608 e. The fraction of sp³-hybridized carbons (Fsp3) is 0.467. The molecular weight excluding hydrogens is 222 g/mol. The molecule has 0 aliphatic heterocycles. The molecule has 3 heteroatoms. The maximum atomic E-state index is 5.35. The summed E-state index contributed by atoms with van der Waals surface area (Å²) in [6.45, 7) is 7.28. The van der Waals surface area contributed by atoms with Crippen LogP contribution in [0, 0.1) is 0 Å². The second-order valence-corrected chi connectivity index (χ2v) is 4.18. The molecule has 0 amide bonds. The van der Waals surface area contributed by atoms with Gasteiger partial charge in [-0.1, -0.05) is 38.2 Å². The molecule has 0 fully saturated rings. The summed E-state index contributed by atoms with van der Waals surface area (Å²) in [5.74, 6) is 0. The highest BCUT2D eigenvalue weighted by Crippen LogP contribution is 2.19. The second kappa shape index (κ2) is 9.54. The van der Waals surface area contributed by atoms with Crippen LogP contribution in [-0.4, -0.2) is 19.1 Å². The van der Waals surface area contributed by atoms with Gasteiger partial charge in [0.2, 0.25) is 0 Å². The van der Waals surface area contributed by atoms with Crippen LogP contribution in [0.25, 0.3) is 0 Å².